The number of aryl methyl sites for hydroxylation is 1. The molecular formula is C17H25NO4. The molecule has 0 saturated heterocycles. The number of ether oxygens (including phenoxy) is 1. The zero-order valence-electron chi connectivity index (χ0n) is 14.1. The quantitative estimate of drug-likeness (QED) is 0.849. The van der Waals surface area contributed by atoms with Crippen LogP contribution >= 0.6 is 0 Å². The van der Waals surface area contributed by atoms with Gasteiger partial charge in [0, 0.05) is 12.1 Å². The van der Waals surface area contributed by atoms with Gasteiger partial charge in [-0.3, -0.25) is 4.79 Å². The second-order valence-corrected chi connectivity index (χ2v) is 6.00. The van der Waals surface area contributed by atoms with Crippen molar-refractivity contribution in [3.8, 4) is 5.75 Å². The van der Waals surface area contributed by atoms with Crippen molar-refractivity contribution in [3.63, 3.8) is 0 Å². The predicted molar refractivity (Wildman–Crippen MR) is 84.8 cm³/mol. The molecule has 1 aromatic carbocycles. The van der Waals surface area contributed by atoms with Gasteiger partial charge in [0.15, 0.2) is 6.10 Å². The van der Waals surface area contributed by atoms with E-state index in [1.165, 1.54) is 12.1 Å². The van der Waals surface area contributed by atoms with Crippen LogP contribution in [-0.4, -0.2) is 40.1 Å². The Morgan fingerprint density at radius 3 is 2.14 bits per heavy atom. The largest absolute Gasteiger partial charge is 0.507 e. The molecular weight excluding hydrogens is 282 g/mol. The molecule has 1 rings (SSSR count). The summed E-state index contributed by atoms with van der Waals surface area (Å²) in [6, 6.07) is 4.70. The zero-order valence-corrected chi connectivity index (χ0v) is 14.1. The summed E-state index contributed by atoms with van der Waals surface area (Å²) in [5.41, 5.74) is 0.898. The fourth-order valence-corrected chi connectivity index (χ4v) is 2.40. The van der Waals surface area contributed by atoms with Crippen LogP contribution in [0.5, 0.6) is 5.75 Å². The van der Waals surface area contributed by atoms with Gasteiger partial charge in [0.05, 0.1) is 0 Å². The predicted octanol–water partition coefficient (Wildman–Crippen LogP) is 2.89. The van der Waals surface area contributed by atoms with Crippen LogP contribution in [0.1, 0.15) is 50.5 Å². The summed E-state index contributed by atoms with van der Waals surface area (Å²) in [5, 5.41) is 9.75. The normalized spacial score (nSPS) is 12.4. The lowest BCUT2D eigenvalue weighted by Gasteiger charge is -2.32. The Hall–Kier alpha value is -2.04. The number of aromatic hydroxyl groups is 1. The zero-order chi connectivity index (χ0) is 17.0. The van der Waals surface area contributed by atoms with Crippen molar-refractivity contribution in [2.24, 2.45) is 0 Å². The molecule has 22 heavy (non-hydrogen) atoms. The first-order valence-corrected chi connectivity index (χ1v) is 7.48. The molecule has 0 radical (unpaired) electrons. The molecule has 0 aliphatic rings. The minimum absolute atomic E-state index is 0.0148. The number of esters is 1. The first-order valence-electron chi connectivity index (χ1n) is 7.48. The maximum absolute atomic E-state index is 12.4. The molecule has 122 valence electrons. The third-order valence-corrected chi connectivity index (χ3v) is 3.37. The van der Waals surface area contributed by atoms with Crippen molar-refractivity contribution >= 4 is 11.9 Å². The van der Waals surface area contributed by atoms with Crippen LogP contribution in [0, 0.1) is 6.92 Å². The Morgan fingerprint density at radius 2 is 1.64 bits per heavy atom. The minimum atomic E-state index is -0.905. The van der Waals surface area contributed by atoms with E-state index in [0.29, 0.717) is 0 Å². The number of benzene rings is 1. The number of rotatable bonds is 5. The number of carbonyl (C=O) groups excluding carboxylic acids is 2. The van der Waals surface area contributed by atoms with E-state index in [1.54, 1.807) is 17.9 Å². The van der Waals surface area contributed by atoms with Crippen LogP contribution in [0.25, 0.3) is 0 Å². The van der Waals surface area contributed by atoms with Gasteiger partial charge >= 0.3 is 5.97 Å². The molecule has 0 fully saturated rings. The van der Waals surface area contributed by atoms with Gasteiger partial charge in [-0.25, -0.2) is 4.79 Å². The number of nitrogens with zero attached hydrogens (tertiary/aromatic N) is 1. The molecule has 1 N–H and O–H groups in total. The summed E-state index contributed by atoms with van der Waals surface area (Å²) in [5.74, 6) is -1.10. The summed E-state index contributed by atoms with van der Waals surface area (Å²) in [6.45, 7) is 11.0. The third kappa shape index (κ3) is 4.23. The molecule has 0 saturated carbocycles. The minimum Gasteiger partial charge on any atom is -0.507 e. The van der Waals surface area contributed by atoms with Crippen molar-refractivity contribution in [2.75, 3.05) is 0 Å². The Kier molecular flexibility index (Phi) is 5.97. The van der Waals surface area contributed by atoms with E-state index in [4.69, 9.17) is 4.74 Å². The topological polar surface area (TPSA) is 66.8 Å². The lowest BCUT2D eigenvalue weighted by atomic mass is 10.1. The van der Waals surface area contributed by atoms with Crippen molar-refractivity contribution in [1.82, 2.24) is 4.90 Å². The molecule has 0 unspecified atom stereocenters. The summed E-state index contributed by atoms with van der Waals surface area (Å²) in [7, 11) is 0. The molecule has 1 atom stereocenters. The average Bonchev–Trinajstić information content (AvgIpc) is 2.40. The van der Waals surface area contributed by atoms with Crippen LogP contribution in [0.2, 0.25) is 0 Å². The average molecular weight is 307 g/mol. The van der Waals surface area contributed by atoms with E-state index in [1.807, 2.05) is 34.6 Å². The summed E-state index contributed by atoms with van der Waals surface area (Å²) in [6.07, 6.45) is -0.905. The van der Waals surface area contributed by atoms with Gasteiger partial charge in [-0.15, -0.1) is 0 Å². The summed E-state index contributed by atoms with van der Waals surface area (Å²) < 4.78 is 5.23. The van der Waals surface area contributed by atoms with E-state index in [2.05, 4.69) is 0 Å². The number of hydrogen-bond acceptors (Lipinski definition) is 4. The molecule has 0 spiro atoms. The second kappa shape index (κ2) is 7.29. The lowest BCUT2D eigenvalue weighted by Crippen LogP contribution is -2.47. The van der Waals surface area contributed by atoms with Crippen LogP contribution in [0.15, 0.2) is 18.2 Å². The van der Waals surface area contributed by atoms with Gasteiger partial charge in [0.1, 0.15) is 11.3 Å². The Labute approximate surface area is 131 Å². The Bertz CT molecular complexity index is 544. The fourth-order valence-electron chi connectivity index (χ4n) is 2.40. The fraction of sp³-hybridized carbons (Fsp3) is 0.529. The second-order valence-electron chi connectivity index (χ2n) is 6.00. The Morgan fingerprint density at radius 1 is 1.09 bits per heavy atom. The third-order valence-electron chi connectivity index (χ3n) is 3.37. The van der Waals surface area contributed by atoms with Gasteiger partial charge in [0.25, 0.3) is 5.91 Å². The van der Waals surface area contributed by atoms with Crippen LogP contribution in [0.4, 0.5) is 0 Å². The van der Waals surface area contributed by atoms with Crippen molar-refractivity contribution in [1.29, 1.82) is 0 Å². The SMILES string of the molecule is Cc1ccc(O)c(C(=O)O[C@H](C)C(=O)N(C(C)C)C(C)C)c1. The van der Waals surface area contributed by atoms with Gasteiger partial charge in [-0.05, 0) is 53.7 Å². The Balaban J connectivity index is 2.87. The highest BCUT2D eigenvalue weighted by Gasteiger charge is 2.28. The monoisotopic (exact) mass is 307 g/mol. The number of amides is 1. The molecule has 0 aliphatic carbocycles. The molecule has 0 aromatic heterocycles. The molecule has 0 aliphatic heterocycles. The highest BCUT2D eigenvalue weighted by Crippen LogP contribution is 2.20. The van der Waals surface area contributed by atoms with Crippen LogP contribution in [-0.2, 0) is 9.53 Å². The number of phenols is 1. The molecule has 0 heterocycles. The smallest absolute Gasteiger partial charge is 0.342 e. The first-order chi connectivity index (χ1) is 10.1. The molecule has 5 heteroatoms. The highest BCUT2D eigenvalue weighted by molar-refractivity contribution is 5.94. The highest BCUT2D eigenvalue weighted by atomic mass is 16.5. The van der Waals surface area contributed by atoms with Gasteiger partial charge in [-0.2, -0.15) is 0 Å². The number of hydrogen-bond donors (Lipinski definition) is 1. The lowest BCUT2D eigenvalue weighted by molar-refractivity contribution is -0.143. The van der Waals surface area contributed by atoms with Crippen molar-refractivity contribution < 1.29 is 19.4 Å². The summed E-state index contributed by atoms with van der Waals surface area (Å²) in [4.78, 5) is 26.2. The van der Waals surface area contributed by atoms with E-state index >= 15 is 0 Å². The standard InChI is InChI=1S/C17H25NO4/c1-10(2)18(11(3)4)16(20)13(6)22-17(21)14-9-12(5)7-8-15(14)19/h7-11,13,19H,1-6H3/t13-/m1/s1. The van der Waals surface area contributed by atoms with Crippen LogP contribution < -0.4 is 0 Å². The van der Waals surface area contributed by atoms with Gasteiger partial charge in [0.2, 0.25) is 0 Å². The molecule has 5 nitrogen and oxygen atoms in total. The maximum atomic E-state index is 12.4. The molecule has 1 aromatic rings. The molecule has 1 amide bonds. The summed E-state index contributed by atoms with van der Waals surface area (Å²) >= 11 is 0. The van der Waals surface area contributed by atoms with E-state index in [-0.39, 0.29) is 29.3 Å². The van der Waals surface area contributed by atoms with Crippen LogP contribution in [0.3, 0.4) is 0 Å². The van der Waals surface area contributed by atoms with E-state index < -0.39 is 12.1 Å². The van der Waals surface area contributed by atoms with Gasteiger partial charge < -0.3 is 14.7 Å². The molecule has 0 bridgehead atoms. The van der Waals surface area contributed by atoms with E-state index in [9.17, 15) is 14.7 Å². The maximum Gasteiger partial charge on any atom is 0.342 e. The van der Waals surface area contributed by atoms with E-state index in [0.717, 1.165) is 5.56 Å². The number of carbonyl (C=O) groups is 2. The van der Waals surface area contributed by atoms with Crippen molar-refractivity contribution in [2.45, 2.75) is 59.7 Å². The van der Waals surface area contributed by atoms with Gasteiger partial charge in [-0.1, -0.05) is 11.6 Å². The first kappa shape index (κ1) is 18.0. The number of phenolic OH excluding ortho intramolecular Hbond substituents is 1. The van der Waals surface area contributed by atoms with Crippen molar-refractivity contribution in [3.05, 3.63) is 29.3 Å².